The zero-order valence-electron chi connectivity index (χ0n) is 19.7. The van der Waals surface area contributed by atoms with Gasteiger partial charge in [0.2, 0.25) is 11.8 Å². The number of thioether (sulfide) groups is 1. The number of carbonyl (C=O) groups excluding carboxylic acids is 1. The van der Waals surface area contributed by atoms with E-state index >= 15 is 0 Å². The highest BCUT2D eigenvalue weighted by Crippen LogP contribution is 2.42. The van der Waals surface area contributed by atoms with Crippen LogP contribution in [0.1, 0.15) is 27.9 Å². The number of nitrogens with one attached hydrogen (secondary N) is 1. The molecule has 9 heteroatoms. The van der Waals surface area contributed by atoms with Crippen LogP contribution in [0.25, 0.3) is 11.4 Å². The number of pyridine rings is 1. The Kier molecular flexibility index (Phi) is 6.91. The first-order chi connectivity index (χ1) is 17.4. The fourth-order valence-corrected chi connectivity index (χ4v) is 5.02. The molecule has 2 N–H and O–H groups in total. The van der Waals surface area contributed by atoms with Crippen molar-refractivity contribution >= 4 is 35.0 Å². The van der Waals surface area contributed by atoms with Crippen molar-refractivity contribution in [2.45, 2.75) is 31.9 Å². The van der Waals surface area contributed by atoms with Crippen LogP contribution < -0.4 is 10.1 Å². The first kappa shape index (κ1) is 24.2. The second-order valence-corrected chi connectivity index (χ2v) is 9.81. The van der Waals surface area contributed by atoms with Gasteiger partial charge >= 0.3 is 0 Å². The van der Waals surface area contributed by atoms with Crippen LogP contribution in [-0.4, -0.2) is 31.7 Å². The molecule has 0 fully saturated rings. The molecule has 36 heavy (non-hydrogen) atoms. The van der Waals surface area contributed by atoms with Crippen LogP contribution in [0.3, 0.4) is 0 Å². The Balaban J connectivity index is 1.50. The van der Waals surface area contributed by atoms with E-state index in [2.05, 4.69) is 10.3 Å². The van der Waals surface area contributed by atoms with Gasteiger partial charge in [-0.05, 0) is 37.6 Å². The molecule has 0 aliphatic carbocycles. The summed E-state index contributed by atoms with van der Waals surface area (Å²) in [5.41, 5.74) is 5.52. The number of aliphatic hydroxyl groups is 1. The average Bonchev–Trinajstić information content (AvgIpc) is 2.88. The molecule has 5 rings (SSSR count). The molecule has 0 atom stereocenters. The lowest BCUT2D eigenvalue weighted by Crippen LogP contribution is -2.16. The van der Waals surface area contributed by atoms with Crippen molar-refractivity contribution in [3.63, 3.8) is 0 Å². The summed E-state index contributed by atoms with van der Waals surface area (Å²) in [6.07, 6.45) is 2.12. The molecule has 0 saturated carbocycles. The smallest absolute Gasteiger partial charge is 0.234 e. The molecule has 1 aliphatic rings. The quantitative estimate of drug-likeness (QED) is 0.219. The Bertz CT molecular complexity index is 1480. The Labute approximate surface area is 217 Å². The Morgan fingerprint density at radius 2 is 1.97 bits per heavy atom. The van der Waals surface area contributed by atoms with Crippen molar-refractivity contribution in [3.05, 3.63) is 87.7 Å². The summed E-state index contributed by atoms with van der Waals surface area (Å²) in [5.74, 6) is 1.47. The van der Waals surface area contributed by atoms with E-state index < -0.39 is 0 Å². The summed E-state index contributed by atoms with van der Waals surface area (Å²) in [6, 6.07) is 14.9. The lowest BCUT2D eigenvalue weighted by atomic mass is 9.99. The molecular formula is C27H23ClN4O3S. The number of hydrogen-bond donors (Lipinski definition) is 2. The van der Waals surface area contributed by atoms with Crippen LogP contribution in [-0.2, 0) is 17.8 Å². The van der Waals surface area contributed by atoms with E-state index in [1.54, 1.807) is 18.3 Å². The number of benzene rings is 2. The summed E-state index contributed by atoms with van der Waals surface area (Å²) in [4.78, 5) is 26.6. The van der Waals surface area contributed by atoms with E-state index in [9.17, 15) is 9.90 Å². The molecule has 7 nitrogen and oxygen atoms in total. The fourth-order valence-electron chi connectivity index (χ4n) is 4.00. The lowest BCUT2D eigenvalue weighted by molar-refractivity contribution is -0.113. The molecule has 182 valence electrons. The maximum absolute atomic E-state index is 12.8. The number of anilines is 1. The molecule has 0 bridgehead atoms. The third-order valence-electron chi connectivity index (χ3n) is 5.90. The van der Waals surface area contributed by atoms with E-state index in [0.717, 1.165) is 27.9 Å². The molecule has 0 spiro atoms. The highest BCUT2D eigenvalue weighted by Gasteiger charge is 2.28. The van der Waals surface area contributed by atoms with Crippen LogP contribution in [0.4, 0.5) is 5.69 Å². The van der Waals surface area contributed by atoms with Gasteiger partial charge in [0.1, 0.15) is 5.03 Å². The maximum Gasteiger partial charge on any atom is 0.234 e. The van der Waals surface area contributed by atoms with E-state index in [4.69, 9.17) is 26.3 Å². The van der Waals surface area contributed by atoms with Crippen LogP contribution in [0.15, 0.2) is 59.8 Å². The molecule has 4 aromatic rings. The summed E-state index contributed by atoms with van der Waals surface area (Å²) >= 11 is 7.53. The van der Waals surface area contributed by atoms with E-state index in [1.807, 2.05) is 50.2 Å². The third-order valence-corrected chi connectivity index (χ3v) is 7.15. The molecule has 1 amide bonds. The number of fused-ring (bicyclic) bond motifs is 2. The first-order valence-electron chi connectivity index (χ1n) is 11.3. The van der Waals surface area contributed by atoms with Gasteiger partial charge in [0.25, 0.3) is 0 Å². The number of rotatable bonds is 6. The minimum absolute atomic E-state index is 0.140. The minimum atomic E-state index is -0.156. The topological polar surface area (TPSA) is 97.2 Å². The number of amides is 1. The molecule has 2 aromatic heterocycles. The monoisotopic (exact) mass is 518 g/mol. The second kappa shape index (κ2) is 10.3. The summed E-state index contributed by atoms with van der Waals surface area (Å²) < 4.78 is 6.23. The van der Waals surface area contributed by atoms with Crippen molar-refractivity contribution in [2.75, 3.05) is 11.1 Å². The van der Waals surface area contributed by atoms with E-state index in [1.165, 1.54) is 11.8 Å². The molecule has 3 heterocycles. The standard InChI is InChI=1S/C27H23ClN4O3S/c1-15-6-3-4-9-22(15)30-23(34)14-36-27-21-11-20-18(13-33)12-29-16(2)24(20)35-26(21)31-25(32-27)17-7-5-8-19(28)10-17/h3-10,12,33H,11,13-14H2,1-2H3,(H,30,34). The van der Waals surface area contributed by atoms with Gasteiger partial charge in [0, 0.05) is 40.0 Å². The maximum atomic E-state index is 12.8. The Morgan fingerprint density at radius 1 is 1.14 bits per heavy atom. The fraction of sp³-hybridized carbons (Fsp3) is 0.185. The summed E-state index contributed by atoms with van der Waals surface area (Å²) in [6.45, 7) is 3.65. The van der Waals surface area contributed by atoms with Crippen LogP contribution >= 0.6 is 23.4 Å². The zero-order valence-corrected chi connectivity index (χ0v) is 21.3. The molecular weight excluding hydrogens is 496 g/mol. The van der Waals surface area contributed by atoms with Gasteiger partial charge in [-0.15, -0.1) is 0 Å². The molecule has 1 aliphatic heterocycles. The lowest BCUT2D eigenvalue weighted by Gasteiger charge is -2.24. The summed E-state index contributed by atoms with van der Waals surface area (Å²) in [5, 5.41) is 14.0. The number of nitrogens with zero attached hydrogens (tertiary/aromatic N) is 3. The van der Waals surface area contributed by atoms with Gasteiger partial charge in [-0.1, -0.05) is 53.7 Å². The highest BCUT2D eigenvalue weighted by molar-refractivity contribution is 8.00. The number of aliphatic hydroxyl groups excluding tert-OH is 1. The van der Waals surface area contributed by atoms with Crippen molar-refractivity contribution in [1.82, 2.24) is 15.0 Å². The van der Waals surface area contributed by atoms with E-state index in [0.29, 0.717) is 45.2 Å². The SMILES string of the molecule is Cc1ccccc1NC(=O)CSc1nc(-c2cccc(Cl)c2)nc2c1Cc1c(CO)cnc(C)c1O2. The van der Waals surface area contributed by atoms with Gasteiger partial charge in [0.15, 0.2) is 11.6 Å². The zero-order chi connectivity index (χ0) is 25.2. The van der Waals surface area contributed by atoms with Crippen LogP contribution in [0.2, 0.25) is 5.02 Å². The highest BCUT2D eigenvalue weighted by atomic mass is 35.5. The average molecular weight is 519 g/mol. The van der Waals surface area contributed by atoms with Crippen molar-refractivity contribution in [1.29, 1.82) is 0 Å². The van der Waals surface area contributed by atoms with Crippen molar-refractivity contribution in [2.24, 2.45) is 0 Å². The second-order valence-electron chi connectivity index (χ2n) is 8.41. The van der Waals surface area contributed by atoms with Crippen LogP contribution in [0, 0.1) is 13.8 Å². The van der Waals surface area contributed by atoms with Crippen LogP contribution in [0.5, 0.6) is 11.6 Å². The predicted octanol–water partition coefficient (Wildman–Crippen LogP) is 5.73. The van der Waals surface area contributed by atoms with Gasteiger partial charge in [0.05, 0.1) is 23.6 Å². The third kappa shape index (κ3) is 4.93. The number of aryl methyl sites for hydroxylation is 2. The van der Waals surface area contributed by atoms with E-state index in [-0.39, 0.29) is 18.3 Å². The number of aromatic nitrogens is 3. The normalized spacial score (nSPS) is 11.9. The van der Waals surface area contributed by atoms with Crippen molar-refractivity contribution in [3.8, 4) is 23.0 Å². The minimum Gasteiger partial charge on any atom is -0.436 e. The number of carbonyl (C=O) groups is 1. The number of para-hydroxylation sites is 1. The number of hydrogen-bond acceptors (Lipinski definition) is 7. The summed E-state index contributed by atoms with van der Waals surface area (Å²) in [7, 11) is 0. The molecule has 0 radical (unpaired) electrons. The molecule has 2 aromatic carbocycles. The van der Waals surface area contributed by atoms with Crippen molar-refractivity contribution < 1.29 is 14.6 Å². The van der Waals surface area contributed by atoms with Gasteiger partial charge in [-0.2, -0.15) is 4.98 Å². The Hall–Kier alpha value is -3.46. The number of halogens is 1. The molecule has 0 unspecified atom stereocenters. The number of ether oxygens (including phenoxy) is 1. The largest absolute Gasteiger partial charge is 0.436 e. The molecule has 0 saturated heterocycles. The van der Waals surface area contributed by atoms with Gasteiger partial charge < -0.3 is 15.2 Å². The van der Waals surface area contributed by atoms with Gasteiger partial charge in [-0.25, -0.2) is 4.98 Å². The predicted molar refractivity (Wildman–Crippen MR) is 141 cm³/mol. The Morgan fingerprint density at radius 3 is 2.75 bits per heavy atom. The van der Waals surface area contributed by atoms with Gasteiger partial charge in [-0.3, -0.25) is 9.78 Å². The first-order valence-corrected chi connectivity index (χ1v) is 12.7.